The van der Waals surface area contributed by atoms with Crippen LogP contribution >= 0.6 is 15.9 Å². The Morgan fingerprint density at radius 1 is 1.67 bits per heavy atom. The molecule has 1 aliphatic rings. The molecular weight excluding hydrogens is 262 g/mol. The fourth-order valence-electron chi connectivity index (χ4n) is 1.55. The summed E-state index contributed by atoms with van der Waals surface area (Å²) in [5.41, 5.74) is -0.223. The molecule has 1 fully saturated rings. The molecule has 5 nitrogen and oxygen atoms in total. The predicted molar refractivity (Wildman–Crippen MR) is 59.1 cm³/mol. The van der Waals surface area contributed by atoms with Crippen LogP contribution in [-0.4, -0.2) is 29.2 Å². The molecular formula is C9H12BrN3O2. The lowest BCUT2D eigenvalue weighted by molar-refractivity contribution is 0.265. The van der Waals surface area contributed by atoms with Crippen LogP contribution in [0.15, 0.2) is 15.6 Å². The fourth-order valence-corrected chi connectivity index (χ4v) is 1.88. The maximum atomic E-state index is 11.2. The third-order valence-electron chi connectivity index (χ3n) is 2.35. The number of aromatic amines is 1. The van der Waals surface area contributed by atoms with Gasteiger partial charge in [-0.05, 0) is 35.3 Å². The van der Waals surface area contributed by atoms with E-state index in [9.17, 15) is 4.79 Å². The Balaban J connectivity index is 1.98. The standard InChI is InChI=1S/C9H12BrN3O2/c10-7-8(14)12-5-13-9(7)15-4-6-2-1-3-11-6/h5-6,11H,1-4H2,(H,12,13,14). The number of halogens is 1. The number of nitrogens with one attached hydrogen (secondary N) is 2. The van der Waals surface area contributed by atoms with Crippen molar-refractivity contribution in [2.24, 2.45) is 0 Å². The topological polar surface area (TPSA) is 67.0 Å². The van der Waals surface area contributed by atoms with Crippen LogP contribution in [-0.2, 0) is 0 Å². The summed E-state index contributed by atoms with van der Waals surface area (Å²) in [6.07, 6.45) is 3.63. The van der Waals surface area contributed by atoms with E-state index in [0.717, 1.165) is 13.0 Å². The molecule has 1 atom stereocenters. The summed E-state index contributed by atoms with van der Waals surface area (Å²) in [6.45, 7) is 1.59. The highest BCUT2D eigenvalue weighted by Gasteiger charge is 2.15. The first kappa shape index (κ1) is 10.6. The third-order valence-corrected chi connectivity index (χ3v) is 3.05. The van der Waals surface area contributed by atoms with Gasteiger partial charge in [-0.1, -0.05) is 0 Å². The normalized spacial score (nSPS) is 20.5. The predicted octanol–water partition coefficient (Wildman–Crippen LogP) is 0.663. The Labute approximate surface area is 95.4 Å². The maximum absolute atomic E-state index is 11.2. The zero-order valence-electron chi connectivity index (χ0n) is 8.12. The lowest BCUT2D eigenvalue weighted by Gasteiger charge is -2.11. The van der Waals surface area contributed by atoms with Gasteiger partial charge in [0.25, 0.3) is 5.56 Å². The molecule has 0 aliphatic carbocycles. The second-order valence-corrected chi connectivity index (χ2v) is 4.25. The number of rotatable bonds is 3. The van der Waals surface area contributed by atoms with Crippen molar-refractivity contribution in [3.63, 3.8) is 0 Å². The molecule has 0 bridgehead atoms. The summed E-state index contributed by atoms with van der Waals surface area (Å²) in [4.78, 5) is 17.6. The van der Waals surface area contributed by atoms with E-state index in [4.69, 9.17) is 4.74 Å². The Kier molecular flexibility index (Phi) is 3.37. The van der Waals surface area contributed by atoms with Crippen LogP contribution in [0.1, 0.15) is 12.8 Å². The van der Waals surface area contributed by atoms with Crippen molar-refractivity contribution < 1.29 is 4.74 Å². The SMILES string of the molecule is O=c1[nH]cnc(OCC2CCCN2)c1Br. The van der Waals surface area contributed by atoms with Gasteiger partial charge >= 0.3 is 0 Å². The summed E-state index contributed by atoms with van der Waals surface area (Å²) in [5, 5.41) is 3.31. The zero-order valence-corrected chi connectivity index (χ0v) is 9.71. The molecule has 1 aromatic rings. The molecule has 1 unspecified atom stereocenters. The monoisotopic (exact) mass is 273 g/mol. The van der Waals surface area contributed by atoms with Crippen molar-refractivity contribution in [3.05, 3.63) is 21.2 Å². The molecule has 0 spiro atoms. The highest BCUT2D eigenvalue weighted by molar-refractivity contribution is 9.10. The van der Waals surface area contributed by atoms with Gasteiger partial charge in [-0.15, -0.1) is 0 Å². The first-order chi connectivity index (χ1) is 7.27. The summed E-state index contributed by atoms with van der Waals surface area (Å²) in [5.74, 6) is 0.354. The van der Waals surface area contributed by atoms with Gasteiger partial charge in [0.15, 0.2) is 0 Å². The lowest BCUT2D eigenvalue weighted by Crippen LogP contribution is -2.28. The summed E-state index contributed by atoms with van der Waals surface area (Å²) in [6, 6.07) is 0.373. The lowest BCUT2D eigenvalue weighted by atomic mass is 10.2. The van der Waals surface area contributed by atoms with E-state index < -0.39 is 0 Å². The molecule has 1 aliphatic heterocycles. The van der Waals surface area contributed by atoms with Crippen molar-refractivity contribution in [3.8, 4) is 5.88 Å². The van der Waals surface area contributed by atoms with Gasteiger partial charge in [-0.3, -0.25) is 4.79 Å². The third kappa shape index (κ3) is 2.57. The average molecular weight is 274 g/mol. The van der Waals surface area contributed by atoms with Gasteiger partial charge in [0.2, 0.25) is 5.88 Å². The fraction of sp³-hybridized carbons (Fsp3) is 0.556. The molecule has 82 valence electrons. The molecule has 0 aromatic carbocycles. The maximum Gasteiger partial charge on any atom is 0.268 e. The second kappa shape index (κ2) is 4.76. The minimum absolute atomic E-state index is 0.223. The van der Waals surface area contributed by atoms with Crippen LogP contribution in [0.2, 0.25) is 0 Å². The molecule has 2 N–H and O–H groups in total. The van der Waals surface area contributed by atoms with E-state index in [0.29, 0.717) is 23.0 Å². The van der Waals surface area contributed by atoms with Gasteiger partial charge in [0.05, 0.1) is 6.33 Å². The minimum Gasteiger partial charge on any atom is -0.475 e. The molecule has 15 heavy (non-hydrogen) atoms. The Hall–Kier alpha value is -0.880. The first-order valence-electron chi connectivity index (χ1n) is 4.87. The largest absolute Gasteiger partial charge is 0.475 e. The molecule has 0 radical (unpaired) electrons. The molecule has 6 heteroatoms. The van der Waals surface area contributed by atoms with Crippen LogP contribution in [0, 0.1) is 0 Å². The van der Waals surface area contributed by atoms with Crippen molar-refractivity contribution in [2.75, 3.05) is 13.2 Å². The number of nitrogens with zero attached hydrogens (tertiary/aromatic N) is 1. The number of hydrogen-bond donors (Lipinski definition) is 2. The van der Waals surface area contributed by atoms with Crippen molar-refractivity contribution in [2.45, 2.75) is 18.9 Å². The van der Waals surface area contributed by atoms with Gasteiger partial charge in [-0.2, -0.15) is 0 Å². The van der Waals surface area contributed by atoms with Crippen LogP contribution < -0.4 is 15.6 Å². The van der Waals surface area contributed by atoms with E-state index in [-0.39, 0.29) is 5.56 Å². The van der Waals surface area contributed by atoms with E-state index >= 15 is 0 Å². The quantitative estimate of drug-likeness (QED) is 0.849. The highest BCUT2D eigenvalue weighted by atomic mass is 79.9. The van der Waals surface area contributed by atoms with Gasteiger partial charge in [0.1, 0.15) is 11.1 Å². The van der Waals surface area contributed by atoms with Gasteiger partial charge in [0, 0.05) is 6.04 Å². The summed E-state index contributed by atoms with van der Waals surface area (Å²) in [7, 11) is 0. The summed E-state index contributed by atoms with van der Waals surface area (Å²) >= 11 is 3.14. The minimum atomic E-state index is -0.223. The molecule has 1 aromatic heterocycles. The van der Waals surface area contributed by atoms with Crippen LogP contribution in [0.25, 0.3) is 0 Å². The molecule has 0 saturated carbocycles. The smallest absolute Gasteiger partial charge is 0.268 e. The number of ether oxygens (including phenoxy) is 1. The molecule has 2 heterocycles. The van der Waals surface area contributed by atoms with Gasteiger partial charge in [-0.25, -0.2) is 4.98 Å². The van der Waals surface area contributed by atoms with E-state index in [1.807, 2.05) is 0 Å². The van der Waals surface area contributed by atoms with E-state index in [1.165, 1.54) is 12.7 Å². The zero-order chi connectivity index (χ0) is 10.7. The first-order valence-corrected chi connectivity index (χ1v) is 5.66. The number of hydrogen-bond acceptors (Lipinski definition) is 4. The van der Waals surface area contributed by atoms with Crippen molar-refractivity contribution in [1.82, 2.24) is 15.3 Å². The average Bonchev–Trinajstić information content (AvgIpc) is 2.73. The van der Waals surface area contributed by atoms with Crippen molar-refractivity contribution in [1.29, 1.82) is 0 Å². The second-order valence-electron chi connectivity index (χ2n) is 3.46. The van der Waals surface area contributed by atoms with Gasteiger partial charge < -0.3 is 15.0 Å². The van der Waals surface area contributed by atoms with Crippen LogP contribution in [0.3, 0.4) is 0 Å². The molecule has 1 saturated heterocycles. The van der Waals surface area contributed by atoms with Crippen LogP contribution in [0.4, 0.5) is 0 Å². The van der Waals surface area contributed by atoms with E-state index in [2.05, 4.69) is 31.2 Å². The Bertz CT molecular complexity index is 387. The van der Waals surface area contributed by atoms with E-state index in [1.54, 1.807) is 0 Å². The summed E-state index contributed by atoms with van der Waals surface area (Å²) < 4.78 is 5.81. The number of H-pyrrole nitrogens is 1. The highest BCUT2D eigenvalue weighted by Crippen LogP contribution is 2.17. The number of aromatic nitrogens is 2. The van der Waals surface area contributed by atoms with Crippen molar-refractivity contribution >= 4 is 15.9 Å². The molecule has 2 rings (SSSR count). The van der Waals surface area contributed by atoms with Crippen LogP contribution in [0.5, 0.6) is 5.88 Å². The Morgan fingerprint density at radius 2 is 2.53 bits per heavy atom. The molecule has 0 amide bonds. The Morgan fingerprint density at radius 3 is 3.27 bits per heavy atom.